The summed E-state index contributed by atoms with van der Waals surface area (Å²) in [5.74, 6) is -1.73. The summed E-state index contributed by atoms with van der Waals surface area (Å²) in [5, 5.41) is 18.7. The van der Waals surface area contributed by atoms with E-state index in [1.807, 2.05) is 0 Å². The predicted octanol–water partition coefficient (Wildman–Crippen LogP) is 2.17. The number of hydrogen-bond acceptors (Lipinski definition) is 3. The van der Waals surface area contributed by atoms with Gasteiger partial charge in [0.1, 0.15) is 11.9 Å². The first kappa shape index (κ1) is 14.3. The Bertz CT molecular complexity index is 394. The van der Waals surface area contributed by atoms with E-state index in [0.717, 1.165) is 12.1 Å². The van der Waals surface area contributed by atoms with Crippen molar-refractivity contribution in [3.8, 4) is 0 Å². The van der Waals surface area contributed by atoms with Crippen LogP contribution in [0.15, 0.2) is 18.2 Å². The number of benzene rings is 1. The first-order valence-corrected chi connectivity index (χ1v) is 5.25. The smallest absolute Gasteiger partial charge is 0.389 e. The summed E-state index contributed by atoms with van der Waals surface area (Å²) in [6.07, 6.45) is -8.26. The Morgan fingerprint density at radius 1 is 1.24 bits per heavy atom. The van der Waals surface area contributed by atoms with Gasteiger partial charge in [-0.3, -0.25) is 0 Å². The summed E-state index contributed by atoms with van der Waals surface area (Å²) in [4.78, 5) is 0. The maximum atomic E-state index is 13.1. The molecule has 0 spiro atoms. The maximum absolute atomic E-state index is 13.1. The third-order valence-corrected chi connectivity index (χ3v) is 2.57. The van der Waals surface area contributed by atoms with Gasteiger partial charge in [0.05, 0.1) is 11.7 Å². The van der Waals surface area contributed by atoms with Gasteiger partial charge in [0.25, 0.3) is 0 Å². The van der Waals surface area contributed by atoms with Crippen molar-refractivity contribution >= 4 is 12.6 Å². The van der Waals surface area contributed by atoms with Gasteiger partial charge in [-0.25, -0.2) is 4.39 Å². The Morgan fingerprint density at radius 3 is 2.29 bits per heavy atom. The van der Waals surface area contributed by atoms with Crippen LogP contribution in [0.5, 0.6) is 0 Å². The molecule has 0 aromatic heterocycles. The number of aliphatic hydroxyl groups excluding tert-OH is 2. The monoisotopic (exact) mass is 270 g/mol. The lowest BCUT2D eigenvalue weighted by Gasteiger charge is -2.21. The first-order chi connectivity index (χ1) is 7.79. The molecule has 0 aliphatic heterocycles. The second-order valence-electron chi connectivity index (χ2n) is 3.40. The fourth-order valence-corrected chi connectivity index (χ4v) is 1.59. The number of hydrogen-bond donors (Lipinski definition) is 3. The molecule has 1 aromatic carbocycles. The van der Waals surface area contributed by atoms with Crippen LogP contribution in [-0.2, 0) is 6.18 Å². The van der Waals surface area contributed by atoms with Crippen molar-refractivity contribution in [1.82, 2.24) is 0 Å². The van der Waals surface area contributed by atoms with Gasteiger partial charge in [0.15, 0.2) is 0 Å². The summed E-state index contributed by atoms with van der Waals surface area (Å²) in [7, 11) is 0. The molecule has 2 N–H and O–H groups in total. The van der Waals surface area contributed by atoms with E-state index >= 15 is 0 Å². The lowest BCUT2D eigenvalue weighted by atomic mass is 9.98. The topological polar surface area (TPSA) is 40.5 Å². The SMILES string of the molecule is OC(CS)C(O)c1cccc(F)c1C(F)(F)F. The van der Waals surface area contributed by atoms with Gasteiger partial charge in [0, 0.05) is 5.75 Å². The van der Waals surface area contributed by atoms with E-state index < -0.39 is 35.3 Å². The van der Waals surface area contributed by atoms with Crippen LogP contribution in [0, 0.1) is 5.82 Å². The highest BCUT2D eigenvalue weighted by atomic mass is 32.1. The van der Waals surface area contributed by atoms with Gasteiger partial charge in [-0.15, -0.1) is 0 Å². The third-order valence-electron chi connectivity index (χ3n) is 2.20. The number of thiol groups is 1. The molecule has 2 unspecified atom stereocenters. The fourth-order valence-electron chi connectivity index (χ4n) is 1.39. The van der Waals surface area contributed by atoms with Crippen LogP contribution in [0.25, 0.3) is 0 Å². The van der Waals surface area contributed by atoms with Crippen molar-refractivity contribution < 1.29 is 27.8 Å². The molecule has 0 radical (unpaired) electrons. The summed E-state index contributed by atoms with van der Waals surface area (Å²) in [6.45, 7) is 0. The van der Waals surface area contributed by atoms with Gasteiger partial charge in [-0.05, 0) is 11.6 Å². The molecule has 0 heterocycles. The minimum Gasteiger partial charge on any atom is -0.389 e. The predicted molar refractivity (Wildman–Crippen MR) is 56.2 cm³/mol. The molecule has 0 bridgehead atoms. The number of rotatable bonds is 3. The van der Waals surface area contributed by atoms with Crippen LogP contribution >= 0.6 is 12.6 Å². The average molecular weight is 270 g/mol. The van der Waals surface area contributed by atoms with Crippen LogP contribution in [0.4, 0.5) is 17.6 Å². The van der Waals surface area contributed by atoms with E-state index in [1.165, 1.54) is 0 Å². The maximum Gasteiger partial charge on any atom is 0.419 e. The van der Waals surface area contributed by atoms with Crippen LogP contribution in [-0.4, -0.2) is 22.1 Å². The second-order valence-corrected chi connectivity index (χ2v) is 3.76. The van der Waals surface area contributed by atoms with Gasteiger partial charge >= 0.3 is 6.18 Å². The molecule has 0 aliphatic carbocycles. The van der Waals surface area contributed by atoms with E-state index in [0.29, 0.717) is 6.07 Å². The minimum absolute atomic E-state index is 0.241. The molecule has 0 saturated heterocycles. The lowest BCUT2D eigenvalue weighted by molar-refractivity contribution is -0.142. The molecule has 0 saturated carbocycles. The number of alkyl halides is 3. The Morgan fingerprint density at radius 2 is 1.82 bits per heavy atom. The van der Waals surface area contributed by atoms with E-state index in [2.05, 4.69) is 12.6 Å². The van der Waals surface area contributed by atoms with Crippen molar-refractivity contribution in [2.45, 2.75) is 18.4 Å². The quantitative estimate of drug-likeness (QED) is 0.582. The van der Waals surface area contributed by atoms with Crippen molar-refractivity contribution in [3.05, 3.63) is 35.1 Å². The largest absolute Gasteiger partial charge is 0.419 e. The van der Waals surface area contributed by atoms with Crippen molar-refractivity contribution in [1.29, 1.82) is 0 Å². The van der Waals surface area contributed by atoms with E-state index in [9.17, 15) is 27.8 Å². The molecule has 0 fully saturated rings. The summed E-state index contributed by atoms with van der Waals surface area (Å²) in [5.41, 5.74) is -2.26. The Balaban J connectivity index is 3.29. The van der Waals surface area contributed by atoms with Gasteiger partial charge < -0.3 is 10.2 Å². The minimum atomic E-state index is -4.93. The van der Waals surface area contributed by atoms with Crippen molar-refractivity contribution in [3.63, 3.8) is 0 Å². The highest BCUT2D eigenvalue weighted by molar-refractivity contribution is 7.80. The standard InChI is InChI=1S/C10H10F4O2S/c11-6-3-1-2-5(8(6)10(12,13)14)9(16)7(15)4-17/h1-3,7,9,15-17H,4H2. The molecule has 1 rings (SSSR count). The summed E-state index contributed by atoms with van der Waals surface area (Å²) < 4.78 is 50.9. The molecule has 0 aliphatic rings. The van der Waals surface area contributed by atoms with Gasteiger partial charge in [0.2, 0.25) is 0 Å². The zero-order valence-corrected chi connectivity index (χ0v) is 9.34. The van der Waals surface area contributed by atoms with E-state index in [1.54, 1.807) is 0 Å². The summed E-state index contributed by atoms with van der Waals surface area (Å²) >= 11 is 3.65. The molecule has 96 valence electrons. The molecule has 17 heavy (non-hydrogen) atoms. The van der Waals surface area contributed by atoms with Gasteiger partial charge in [-0.1, -0.05) is 12.1 Å². The second kappa shape index (κ2) is 5.24. The van der Waals surface area contributed by atoms with Crippen LogP contribution < -0.4 is 0 Å². The zero-order valence-electron chi connectivity index (χ0n) is 8.45. The van der Waals surface area contributed by atoms with Gasteiger partial charge in [-0.2, -0.15) is 25.8 Å². The molecule has 0 amide bonds. The molecule has 2 atom stereocenters. The third kappa shape index (κ3) is 3.11. The van der Waals surface area contributed by atoms with E-state index in [-0.39, 0.29) is 5.75 Å². The fraction of sp³-hybridized carbons (Fsp3) is 0.400. The average Bonchev–Trinajstić information content (AvgIpc) is 2.24. The first-order valence-electron chi connectivity index (χ1n) is 4.61. The highest BCUT2D eigenvalue weighted by Crippen LogP contribution is 2.37. The number of halogens is 4. The molecule has 1 aromatic rings. The lowest BCUT2D eigenvalue weighted by Crippen LogP contribution is -2.24. The summed E-state index contributed by atoms with van der Waals surface area (Å²) in [6, 6.07) is 2.60. The Hall–Kier alpha value is -0.790. The molecule has 2 nitrogen and oxygen atoms in total. The Labute approximate surface area is 100 Å². The van der Waals surface area contributed by atoms with Crippen LogP contribution in [0.3, 0.4) is 0 Å². The van der Waals surface area contributed by atoms with Crippen LogP contribution in [0.1, 0.15) is 17.2 Å². The zero-order chi connectivity index (χ0) is 13.2. The number of aliphatic hydroxyl groups is 2. The van der Waals surface area contributed by atoms with Crippen molar-refractivity contribution in [2.24, 2.45) is 0 Å². The molecular weight excluding hydrogens is 260 g/mol. The highest BCUT2D eigenvalue weighted by Gasteiger charge is 2.39. The van der Waals surface area contributed by atoms with E-state index in [4.69, 9.17) is 0 Å². The molecular formula is C10H10F4O2S. The molecule has 7 heteroatoms. The van der Waals surface area contributed by atoms with Crippen LogP contribution in [0.2, 0.25) is 0 Å². The van der Waals surface area contributed by atoms with Crippen molar-refractivity contribution in [2.75, 3.05) is 5.75 Å². The Kier molecular flexibility index (Phi) is 4.40. The normalized spacial score (nSPS) is 15.7.